The van der Waals surface area contributed by atoms with Crippen molar-refractivity contribution >= 4 is 83.6 Å². The summed E-state index contributed by atoms with van der Waals surface area (Å²) in [6, 6.07) is 0. The molecule has 1 heterocycles. The van der Waals surface area contributed by atoms with Gasteiger partial charge in [-0.1, -0.05) is 42.5 Å². The van der Waals surface area contributed by atoms with Gasteiger partial charge in [0, 0.05) is 41.5 Å². The molecular formula is C72H134O37. The molecule has 0 bridgehead atoms. The second-order valence-electron chi connectivity index (χ2n) is 28.6. The zero-order valence-electron chi connectivity index (χ0n) is 66.3. The summed E-state index contributed by atoms with van der Waals surface area (Å²) in [5, 5.41) is 123. The predicted octanol–water partition coefficient (Wildman–Crippen LogP) is 5.21. The molecule has 1 rings (SSSR count). The topological polar surface area (TPSA) is 609 Å². The Morgan fingerprint density at radius 3 is 0.844 bits per heavy atom. The maximum Gasteiger partial charge on any atom is 0.311 e. The molecule has 0 aromatic carbocycles. The fraction of sp³-hybridized carbons (Fsp3) is 0.806. The van der Waals surface area contributed by atoms with Crippen LogP contribution >= 0.6 is 0 Å². The molecule has 1 saturated heterocycles. The number of hydrogen-bond donors (Lipinski definition) is 14. The summed E-state index contributed by atoms with van der Waals surface area (Å²) >= 11 is 0. The molecule has 10 unspecified atom stereocenters. The van der Waals surface area contributed by atoms with Gasteiger partial charge in [0.05, 0.1) is 76.4 Å². The van der Waals surface area contributed by atoms with E-state index >= 15 is 0 Å². The van der Waals surface area contributed by atoms with Crippen molar-refractivity contribution in [2.45, 2.75) is 255 Å². The van der Waals surface area contributed by atoms with Crippen LogP contribution in [0.25, 0.3) is 0 Å². The molecule has 644 valence electrons. The fourth-order valence-electron chi connectivity index (χ4n) is 8.50. The maximum absolute atomic E-state index is 13.3. The molecule has 0 aromatic heterocycles. The van der Waals surface area contributed by atoms with Gasteiger partial charge in [-0.05, 0) is 134 Å². The number of carbonyl (C=O) groups is 14. The number of hydrogen-bond acceptors (Lipinski definition) is 30. The number of rotatable bonds is 40. The number of esters is 7. The van der Waals surface area contributed by atoms with Crippen molar-refractivity contribution in [3.8, 4) is 0 Å². The zero-order valence-corrected chi connectivity index (χ0v) is 66.3. The first-order valence-electron chi connectivity index (χ1n) is 33.9. The van der Waals surface area contributed by atoms with Gasteiger partial charge in [-0.3, -0.25) is 67.1 Å². The van der Waals surface area contributed by atoms with E-state index in [0.717, 1.165) is 47.6 Å². The van der Waals surface area contributed by atoms with E-state index in [9.17, 15) is 73.8 Å². The standard InChI is InChI=1S/C38H66O18.C13H24O6.C9H16O3.5C2H4O2.2CH4/c1-11-36(8,31(48)56-20-28(44)17-52-24(3)40)22-35(6,7)30(47)53-18-26(42)14-51-15-27(43)19-55-32(49)37(9,12-2)23-38(10,21-34(4,5)29(45)46)33(50)54-16-25(41)13-39;1-5-13(4,10(16)17)8-12(2,3)11(18)19-7-9(15)6-14;1-4-9(2,3)8(10)12-6-7-5-11-7;5*1-2(3)4;;/h25-28,39,41-44H,11-23H2,1-10H3,(H,45,46);9,14-15H,5-8H2,1-4H3,(H,16,17);7H,4-6H2,1-3H3;5*1H3,(H,3,4);2*1H4. The second-order valence-corrected chi connectivity index (χ2v) is 28.6. The third-order valence-corrected chi connectivity index (χ3v) is 15.1. The normalized spacial score (nSPS) is 15.4. The van der Waals surface area contributed by atoms with E-state index < -0.39 is 186 Å². The van der Waals surface area contributed by atoms with Gasteiger partial charge in [0.25, 0.3) is 29.8 Å². The highest BCUT2D eigenvalue weighted by atomic mass is 16.6. The summed E-state index contributed by atoms with van der Waals surface area (Å²) < 4.78 is 45.9. The van der Waals surface area contributed by atoms with E-state index in [1.165, 1.54) is 34.6 Å². The highest BCUT2D eigenvalue weighted by Crippen LogP contribution is 2.46. The highest BCUT2D eigenvalue weighted by Gasteiger charge is 2.50. The molecule has 1 aliphatic rings. The van der Waals surface area contributed by atoms with Gasteiger partial charge in [0.15, 0.2) is 0 Å². The van der Waals surface area contributed by atoms with Crippen molar-refractivity contribution in [1.29, 1.82) is 0 Å². The fourth-order valence-corrected chi connectivity index (χ4v) is 8.50. The molecule has 14 N–H and O–H groups in total. The lowest BCUT2D eigenvalue weighted by atomic mass is 9.65. The van der Waals surface area contributed by atoms with Gasteiger partial charge in [0.1, 0.15) is 82.9 Å². The summed E-state index contributed by atoms with van der Waals surface area (Å²) in [7, 11) is 0. The molecular weight excluding hydrogens is 1460 g/mol. The van der Waals surface area contributed by atoms with Gasteiger partial charge in [-0.2, -0.15) is 0 Å². The monoisotopic (exact) mass is 1590 g/mol. The van der Waals surface area contributed by atoms with Crippen LogP contribution < -0.4 is 0 Å². The quantitative estimate of drug-likeness (QED) is 0.0213. The van der Waals surface area contributed by atoms with E-state index in [-0.39, 0.29) is 97.3 Å². The van der Waals surface area contributed by atoms with Gasteiger partial charge in [0.2, 0.25) is 0 Å². The second kappa shape index (κ2) is 59.1. The first kappa shape index (κ1) is 120. The molecule has 0 amide bonds. The van der Waals surface area contributed by atoms with Crippen LogP contribution in [0.15, 0.2) is 0 Å². The Morgan fingerprint density at radius 1 is 0.330 bits per heavy atom. The molecule has 109 heavy (non-hydrogen) atoms. The van der Waals surface area contributed by atoms with Crippen LogP contribution in [0.1, 0.15) is 219 Å². The summed E-state index contributed by atoms with van der Waals surface area (Å²) in [6.45, 7) is 29.5. The maximum atomic E-state index is 13.3. The number of epoxide rings is 1. The van der Waals surface area contributed by atoms with Crippen LogP contribution in [0, 0.1) is 43.3 Å². The third kappa shape index (κ3) is 62.7. The molecule has 0 saturated carbocycles. The van der Waals surface area contributed by atoms with Gasteiger partial charge in [-0.15, -0.1) is 0 Å². The SMILES string of the molecule is C.C.CC(=O)O.CC(=O)O.CC(=O)O.CC(=O)O.CC(=O)O.CCC(C)(C)C(=O)OCC1CO1.CCC(C)(CC(C)(C)C(=O)OCC(O)CO)C(=O)O.CCC(C)(CC(C)(C)C(=O)OCC(O)COCC(O)COC(=O)C(C)(CC)CC(C)(CC(C)(C)C(=O)O)C(=O)OCC(O)CO)C(=O)OCC(O)COC(C)=O. The smallest absolute Gasteiger partial charge is 0.311 e. The van der Waals surface area contributed by atoms with Crippen molar-refractivity contribution in [1.82, 2.24) is 0 Å². The van der Waals surface area contributed by atoms with Crippen molar-refractivity contribution in [3.05, 3.63) is 0 Å². The molecule has 0 aliphatic carbocycles. The average molecular weight is 1590 g/mol. The Bertz CT molecular complexity index is 2610. The van der Waals surface area contributed by atoms with Crippen LogP contribution in [-0.2, 0) is 110 Å². The largest absolute Gasteiger partial charge is 0.481 e. The number of aliphatic carboxylic acids is 7. The Balaban J connectivity index is -0.000000215. The Hall–Kier alpha value is -7.78. The van der Waals surface area contributed by atoms with Crippen LogP contribution in [0.2, 0.25) is 0 Å². The minimum Gasteiger partial charge on any atom is -0.481 e. The molecule has 1 aliphatic heterocycles. The van der Waals surface area contributed by atoms with E-state index in [2.05, 4.69) is 4.74 Å². The van der Waals surface area contributed by atoms with E-state index in [4.69, 9.17) is 103 Å². The first-order valence-corrected chi connectivity index (χ1v) is 33.9. The van der Waals surface area contributed by atoms with Crippen molar-refractivity contribution < 1.29 is 181 Å². The lowest BCUT2D eigenvalue weighted by Crippen LogP contribution is -2.45. The number of carbonyl (C=O) groups excluding carboxylic acids is 7. The number of carboxylic acid groups (broad SMARTS) is 7. The van der Waals surface area contributed by atoms with E-state index in [1.54, 1.807) is 62.3 Å². The lowest BCUT2D eigenvalue weighted by Gasteiger charge is -2.39. The highest BCUT2D eigenvalue weighted by molar-refractivity contribution is 5.83. The predicted molar refractivity (Wildman–Crippen MR) is 390 cm³/mol. The number of aliphatic hydroxyl groups excluding tert-OH is 7. The molecule has 37 heteroatoms. The van der Waals surface area contributed by atoms with E-state index in [0.29, 0.717) is 13.0 Å². The minimum atomic E-state index is -1.54. The number of ether oxygens (including phenoxy) is 9. The summed E-state index contributed by atoms with van der Waals surface area (Å²) in [6.07, 6.45) is -4.84. The van der Waals surface area contributed by atoms with Crippen LogP contribution in [0.5, 0.6) is 0 Å². The summed E-state index contributed by atoms with van der Waals surface area (Å²) in [4.78, 5) is 155. The summed E-state index contributed by atoms with van der Waals surface area (Å²) in [5.41, 5.74) is -8.99. The molecule has 0 aromatic rings. The average Bonchev–Trinajstić information content (AvgIpc) is 1.75. The summed E-state index contributed by atoms with van der Waals surface area (Å²) in [5.74, 6) is -10.7. The van der Waals surface area contributed by atoms with Crippen LogP contribution in [-0.4, -0.2) is 271 Å². The van der Waals surface area contributed by atoms with Crippen molar-refractivity contribution in [3.63, 3.8) is 0 Å². The Morgan fingerprint density at radius 2 is 0.578 bits per heavy atom. The van der Waals surface area contributed by atoms with E-state index in [1.807, 2.05) is 20.8 Å². The lowest BCUT2D eigenvalue weighted by molar-refractivity contribution is -0.171. The Labute approximate surface area is 640 Å². The van der Waals surface area contributed by atoms with Crippen molar-refractivity contribution in [2.24, 2.45) is 43.3 Å². The van der Waals surface area contributed by atoms with Crippen LogP contribution in [0.4, 0.5) is 0 Å². The van der Waals surface area contributed by atoms with Gasteiger partial charge < -0.3 is 114 Å². The Kier molecular flexibility index (Phi) is 64.8. The zero-order chi connectivity index (χ0) is 86.1. The van der Waals surface area contributed by atoms with Gasteiger partial charge >= 0.3 is 53.7 Å². The number of aliphatic hydroxyl groups is 7. The molecule has 1 fully saturated rings. The molecule has 37 nitrogen and oxygen atoms in total. The molecule has 10 atom stereocenters. The minimum absolute atomic E-state index is 0. The van der Waals surface area contributed by atoms with Gasteiger partial charge in [-0.25, -0.2) is 0 Å². The van der Waals surface area contributed by atoms with Crippen LogP contribution in [0.3, 0.4) is 0 Å². The third-order valence-electron chi connectivity index (χ3n) is 15.1. The molecule has 0 radical (unpaired) electrons. The first-order chi connectivity index (χ1) is 48.4. The van der Waals surface area contributed by atoms with Crippen molar-refractivity contribution in [2.75, 3.05) is 79.3 Å². The number of carboxylic acids is 7. The molecule has 0 spiro atoms.